The summed E-state index contributed by atoms with van der Waals surface area (Å²) in [6.45, 7) is 6.30. The molecule has 0 bridgehead atoms. The van der Waals surface area contributed by atoms with Crippen molar-refractivity contribution in [3.8, 4) is 5.75 Å². The van der Waals surface area contributed by atoms with Crippen LogP contribution in [-0.2, 0) is 21.9 Å². The van der Waals surface area contributed by atoms with Crippen LogP contribution in [0.1, 0.15) is 44.7 Å². The molecular weight excluding hydrogens is 444 g/mol. The van der Waals surface area contributed by atoms with Crippen LogP contribution in [0.4, 0.5) is 0 Å². The number of amides is 2. The lowest BCUT2D eigenvalue weighted by molar-refractivity contribution is -0.139. The minimum Gasteiger partial charge on any atom is -0.497 e. The van der Waals surface area contributed by atoms with Gasteiger partial charge in [0.2, 0.25) is 11.8 Å². The summed E-state index contributed by atoms with van der Waals surface area (Å²) in [5, 5.41) is 3.73. The molecule has 2 rings (SSSR count). The van der Waals surface area contributed by atoms with Crippen LogP contribution in [0.2, 0.25) is 5.02 Å². The molecule has 2 amide bonds. The maximum Gasteiger partial charge on any atom is 0.243 e. The molecule has 0 heterocycles. The Labute approximate surface area is 200 Å². The van der Waals surface area contributed by atoms with E-state index in [-0.39, 0.29) is 23.6 Å². The smallest absolute Gasteiger partial charge is 0.243 e. The standard InChI is InChI=1S/C25H33ClN2O3S/c1-5-18(3)27-25(30)23(6-2)28(15-19-11-13-21(31-4)14-12-19)24(29)17-32-16-20-9-7-8-10-22(20)26/h7-14,18,23H,5-6,15-17H2,1-4H3,(H,27,30)/t18-,23-/m0/s1. The Kier molecular flexibility index (Phi) is 10.9. The zero-order valence-corrected chi connectivity index (χ0v) is 20.8. The first-order valence-electron chi connectivity index (χ1n) is 10.9. The van der Waals surface area contributed by atoms with Gasteiger partial charge in [-0.2, -0.15) is 0 Å². The maximum atomic E-state index is 13.3. The van der Waals surface area contributed by atoms with Crippen LogP contribution in [-0.4, -0.2) is 41.7 Å². The van der Waals surface area contributed by atoms with Gasteiger partial charge in [-0.05, 0) is 49.1 Å². The number of thioether (sulfide) groups is 1. The lowest BCUT2D eigenvalue weighted by Crippen LogP contribution is -2.51. The monoisotopic (exact) mass is 476 g/mol. The summed E-state index contributed by atoms with van der Waals surface area (Å²) < 4.78 is 5.23. The SMILES string of the molecule is CC[C@H](C)NC(=O)[C@H](CC)N(Cc1ccc(OC)cc1)C(=O)CSCc1ccccc1Cl. The Morgan fingerprint density at radius 1 is 1.09 bits per heavy atom. The average Bonchev–Trinajstić information content (AvgIpc) is 2.80. The van der Waals surface area contributed by atoms with Crippen molar-refractivity contribution < 1.29 is 14.3 Å². The van der Waals surface area contributed by atoms with Gasteiger partial charge in [-0.1, -0.05) is 55.8 Å². The first kappa shape index (κ1) is 26.1. The molecule has 0 saturated carbocycles. The number of halogens is 1. The lowest BCUT2D eigenvalue weighted by Gasteiger charge is -2.31. The number of hydrogen-bond donors (Lipinski definition) is 1. The third kappa shape index (κ3) is 7.75. The Morgan fingerprint density at radius 3 is 2.38 bits per heavy atom. The van der Waals surface area contributed by atoms with E-state index in [1.807, 2.05) is 69.3 Å². The number of hydrogen-bond acceptors (Lipinski definition) is 4. The van der Waals surface area contributed by atoms with E-state index in [9.17, 15) is 9.59 Å². The highest BCUT2D eigenvalue weighted by Crippen LogP contribution is 2.22. The van der Waals surface area contributed by atoms with Gasteiger partial charge < -0.3 is 15.0 Å². The van der Waals surface area contributed by atoms with Gasteiger partial charge in [0.15, 0.2) is 0 Å². The van der Waals surface area contributed by atoms with E-state index in [0.717, 1.165) is 23.3 Å². The molecule has 2 atom stereocenters. The predicted octanol–water partition coefficient (Wildman–Crippen LogP) is 5.30. The molecule has 32 heavy (non-hydrogen) atoms. The van der Waals surface area contributed by atoms with Gasteiger partial charge in [-0.25, -0.2) is 0 Å². The number of benzene rings is 2. The molecule has 0 aliphatic carbocycles. The van der Waals surface area contributed by atoms with E-state index in [4.69, 9.17) is 16.3 Å². The van der Waals surface area contributed by atoms with E-state index in [1.165, 1.54) is 11.8 Å². The van der Waals surface area contributed by atoms with Gasteiger partial charge in [0.05, 0.1) is 12.9 Å². The van der Waals surface area contributed by atoms with Crippen molar-refractivity contribution in [3.63, 3.8) is 0 Å². The topological polar surface area (TPSA) is 58.6 Å². The number of carbonyl (C=O) groups is 2. The second-order valence-electron chi connectivity index (χ2n) is 7.70. The molecule has 174 valence electrons. The van der Waals surface area contributed by atoms with Crippen molar-refractivity contribution in [1.82, 2.24) is 10.2 Å². The summed E-state index contributed by atoms with van der Waals surface area (Å²) in [5.41, 5.74) is 1.94. The highest BCUT2D eigenvalue weighted by molar-refractivity contribution is 7.99. The summed E-state index contributed by atoms with van der Waals surface area (Å²) in [6, 6.07) is 14.7. The van der Waals surface area contributed by atoms with Crippen LogP contribution in [0.15, 0.2) is 48.5 Å². The molecule has 0 aliphatic heterocycles. The summed E-state index contributed by atoms with van der Waals surface area (Å²) in [4.78, 5) is 27.9. The van der Waals surface area contributed by atoms with Crippen molar-refractivity contribution in [3.05, 3.63) is 64.7 Å². The summed E-state index contributed by atoms with van der Waals surface area (Å²) in [5.74, 6) is 1.49. The van der Waals surface area contributed by atoms with Crippen LogP contribution < -0.4 is 10.1 Å². The molecule has 0 fully saturated rings. The molecule has 7 heteroatoms. The fourth-order valence-electron chi connectivity index (χ4n) is 3.23. The zero-order chi connectivity index (χ0) is 23.5. The number of nitrogens with zero attached hydrogens (tertiary/aromatic N) is 1. The van der Waals surface area contributed by atoms with Crippen molar-refractivity contribution in [2.45, 2.75) is 58.0 Å². The largest absolute Gasteiger partial charge is 0.497 e. The van der Waals surface area contributed by atoms with Gasteiger partial charge in [0.1, 0.15) is 11.8 Å². The predicted molar refractivity (Wildman–Crippen MR) is 133 cm³/mol. The van der Waals surface area contributed by atoms with Crippen LogP contribution in [0.3, 0.4) is 0 Å². The van der Waals surface area contributed by atoms with E-state index in [1.54, 1.807) is 12.0 Å². The normalized spacial score (nSPS) is 12.7. The molecule has 5 nitrogen and oxygen atoms in total. The summed E-state index contributed by atoms with van der Waals surface area (Å²) in [6.07, 6.45) is 1.38. The van der Waals surface area contributed by atoms with Crippen LogP contribution in [0.25, 0.3) is 0 Å². The highest BCUT2D eigenvalue weighted by atomic mass is 35.5. The van der Waals surface area contributed by atoms with Crippen LogP contribution in [0, 0.1) is 0 Å². The quantitative estimate of drug-likeness (QED) is 0.451. The Balaban J connectivity index is 2.15. The van der Waals surface area contributed by atoms with Crippen molar-refractivity contribution in [2.24, 2.45) is 0 Å². The number of carbonyl (C=O) groups excluding carboxylic acids is 2. The third-order valence-corrected chi connectivity index (χ3v) is 6.67. The van der Waals surface area contributed by atoms with Crippen molar-refractivity contribution in [1.29, 1.82) is 0 Å². The molecule has 0 aromatic heterocycles. The van der Waals surface area contributed by atoms with E-state index in [0.29, 0.717) is 23.7 Å². The summed E-state index contributed by atoms with van der Waals surface area (Å²) >= 11 is 7.74. The highest BCUT2D eigenvalue weighted by Gasteiger charge is 2.29. The number of methoxy groups -OCH3 is 1. The van der Waals surface area contributed by atoms with Gasteiger partial charge in [0.25, 0.3) is 0 Å². The second kappa shape index (κ2) is 13.4. The third-order valence-electron chi connectivity index (χ3n) is 5.34. The van der Waals surface area contributed by atoms with Gasteiger partial charge in [0, 0.05) is 23.4 Å². The molecule has 0 unspecified atom stereocenters. The maximum absolute atomic E-state index is 13.3. The van der Waals surface area contributed by atoms with Crippen LogP contribution >= 0.6 is 23.4 Å². The lowest BCUT2D eigenvalue weighted by atomic mass is 10.1. The Hall–Kier alpha value is -2.18. The molecule has 0 radical (unpaired) electrons. The molecule has 0 aliphatic rings. The Bertz CT molecular complexity index is 876. The first-order chi connectivity index (χ1) is 15.4. The minimum absolute atomic E-state index is 0.0593. The number of ether oxygens (including phenoxy) is 1. The fraction of sp³-hybridized carbons (Fsp3) is 0.440. The summed E-state index contributed by atoms with van der Waals surface area (Å²) in [7, 11) is 1.62. The fourth-order valence-corrected chi connectivity index (χ4v) is 4.43. The van der Waals surface area contributed by atoms with Gasteiger partial charge in [-0.3, -0.25) is 9.59 Å². The van der Waals surface area contributed by atoms with E-state index < -0.39 is 6.04 Å². The Morgan fingerprint density at radius 2 is 1.78 bits per heavy atom. The number of rotatable bonds is 12. The molecule has 1 N–H and O–H groups in total. The molecule has 0 saturated heterocycles. The van der Waals surface area contributed by atoms with Gasteiger partial charge >= 0.3 is 0 Å². The number of nitrogens with one attached hydrogen (secondary N) is 1. The van der Waals surface area contributed by atoms with E-state index in [2.05, 4.69) is 5.32 Å². The zero-order valence-electron chi connectivity index (χ0n) is 19.3. The van der Waals surface area contributed by atoms with E-state index >= 15 is 0 Å². The molecule has 2 aromatic carbocycles. The van der Waals surface area contributed by atoms with Gasteiger partial charge in [-0.15, -0.1) is 11.8 Å². The minimum atomic E-state index is -0.528. The van der Waals surface area contributed by atoms with Crippen LogP contribution in [0.5, 0.6) is 5.75 Å². The molecular formula is C25H33ClN2O3S. The van der Waals surface area contributed by atoms with Crippen molar-refractivity contribution in [2.75, 3.05) is 12.9 Å². The molecule has 0 spiro atoms. The van der Waals surface area contributed by atoms with Crippen molar-refractivity contribution >= 4 is 35.2 Å². The first-order valence-corrected chi connectivity index (χ1v) is 12.5. The second-order valence-corrected chi connectivity index (χ2v) is 9.09. The average molecular weight is 477 g/mol. The molecule has 2 aromatic rings.